The zero-order chi connectivity index (χ0) is 11.0. The molecule has 0 fully saturated rings. The van der Waals surface area contributed by atoms with Gasteiger partial charge in [0.15, 0.2) is 0 Å². The topological polar surface area (TPSA) is 12.9 Å². The van der Waals surface area contributed by atoms with Crippen LogP contribution in [0.25, 0.3) is 0 Å². The number of nitrogens with zero attached hydrogens (tertiary/aromatic N) is 1. The smallest absolute Gasteiger partial charge is 0.0432 e. The van der Waals surface area contributed by atoms with Crippen molar-refractivity contribution in [1.29, 1.82) is 0 Å². The number of fused-ring (bicyclic) bond motifs is 1. The van der Waals surface area contributed by atoms with Gasteiger partial charge in [-0.15, -0.1) is 11.8 Å². The van der Waals surface area contributed by atoms with Gasteiger partial charge in [-0.1, -0.05) is 27.7 Å². The lowest BCUT2D eigenvalue weighted by atomic mass is 10.0. The highest BCUT2D eigenvalue weighted by molar-refractivity contribution is 8.00. The molecule has 1 unspecified atom stereocenters. The van der Waals surface area contributed by atoms with Crippen LogP contribution in [0.3, 0.4) is 0 Å². The lowest BCUT2D eigenvalue weighted by molar-refractivity contribution is 0.611. The second kappa shape index (κ2) is 4.17. The second-order valence-electron chi connectivity index (χ2n) is 4.98. The molecule has 1 aliphatic rings. The molecule has 0 saturated carbocycles. The van der Waals surface area contributed by atoms with Gasteiger partial charge in [0, 0.05) is 22.0 Å². The van der Waals surface area contributed by atoms with Crippen molar-refractivity contribution in [2.24, 2.45) is 5.92 Å². The maximum atomic E-state index is 4.52. The van der Waals surface area contributed by atoms with Crippen LogP contribution in [-0.4, -0.2) is 10.2 Å². The van der Waals surface area contributed by atoms with E-state index >= 15 is 0 Å². The molecular weight excluding hydrogens is 202 g/mol. The molecule has 0 spiro atoms. The van der Waals surface area contributed by atoms with Crippen LogP contribution in [-0.2, 0) is 6.42 Å². The molecule has 2 heterocycles. The Morgan fingerprint density at radius 3 is 2.67 bits per heavy atom. The minimum atomic E-state index is 0.540. The van der Waals surface area contributed by atoms with E-state index in [0.717, 1.165) is 11.2 Å². The molecule has 0 bridgehead atoms. The Bertz CT molecular complexity index is 358. The SMILES string of the molecule is CC(C)c1cc2c(cn1)SC(C(C)C)C2. The van der Waals surface area contributed by atoms with E-state index in [1.54, 1.807) is 0 Å². The summed E-state index contributed by atoms with van der Waals surface area (Å²) in [7, 11) is 0. The normalized spacial score (nSPS) is 20.0. The number of hydrogen-bond acceptors (Lipinski definition) is 2. The number of thioether (sulfide) groups is 1. The molecule has 15 heavy (non-hydrogen) atoms. The van der Waals surface area contributed by atoms with Gasteiger partial charge in [-0.05, 0) is 29.9 Å². The Kier molecular flexibility index (Phi) is 3.06. The van der Waals surface area contributed by atoms with Gasteiger partial charge < -0.3 is 0 Å². The van der Waals surface area contributed by atoms with Crippen molar-refractivity contribution in [3.8, 4) is 0 Å². The van der Waals surface area contributed by atoms with Crippen molar-refractivity contribution >= 4 is 11.8 Å². The van der Waals surface area contributed by atoms with Gasteiger partial charge in [-0.3, -0.25) is 4.98 Å². The minimum absolute atomic E-state index is 0.540. The molecule has 1 aromatic heterocycles. The van der Waals surface area contributed by atoms with Crippen molar-refractivity contribution in [2.75, 3.05) is 0 Å². The Hall–Kier alpha value is -0.500. The molecular formula is C13H19NS. The average molecular weight is 221 g/mol. The van der Waals surface area contributed by atoms with E-state index in [1.807, 2.05) is 11.8 Å². The Balaban J connectivity index is 2.24. The van der Waals surface area contributed by atoms with Crippen molar-refractivity contribution in [3.63, 3.8) is 0 Å². The van der Waals surface area contributed by atoms with Crippen molar-refractivity contribution in [3.05, 3.63) is 23.5 Å². The Morgan fingerprint density at radius 2 is 2.07 bits per heavy atom. The highest BCUT2D eigenvalue weighted by Gasteiger charge is 2.25. The van der Waals surface area contributed by atoms with Gasteiger partial charge in [0.05, 0.1) is 0 Å². The predicted molar refractivity (Wildman–Crippen MR) is 66.5 cm³/mol. The van der Waals surface area contributed by atoms with Gasteiger partial charge in [0.25, 0.3) is 0 Å². The molecule has 0 saturated heterocycles. The van der Waals surface area contributed by atoms with E-state index in [2.05, 4.69) is 44.9 Å². The third-order valence-corrected chi connectivity index (χ3v) is 4.64. The molecule has 2 heteroatoms. The highest BCUT2D eigenvalue weighted by atomic mass is 32.2. The Morgan fingerprint density at radius 1 is 1.33 bits per heavy atom. The standard InChI is InChI=1S/C13H19NS/c1-8(2)11-5-10-6-12(9(3)4)15-13(10)7-14-11/h5,7-9,12H,6H2,1-4H3. The first kappa shape index (κ1) is 11.0. The average Bonchev–Trinajstić information content (AvgIpc) is 2.59. The third kappa shape index (κ3) is 2.20. The molecule has 1 aliphatic heterocycles. The predicted octanol–water partition coefficient (Wildman–Crippen LogP) is 3.88. The molecule has 0 radical (unpaired) electrons. The van der Waals surface area contributed by atoms with E-state index in [4.69, 9.17) is 0 Å². The maximum Gasteiger partial charge on any atom is 0.0432 e. The molecule has 1 aromatic rings. The van der Waals surface area contributed by atoms with E-state index in [-0.39, 0.29) is 0 Å². The van der Waals surface area contributed by atoms with E-state index in [0.29, 0.717) is 5.92 Å². The number of pyridine rings is 1. The van der Waals surface area contributed by atoms with Crippen LogP contribution in [0.4, 0.5) is 0 Å². The number of aromatic nitrogens is 1. The first-order valence-electron chi connectivity index (χ1n) is 5.73. The summed E-state index contributed by atoms with van der Waals surface area (Å²) in [4.78, 5) is 5.92. The van der Waals surface area contributed by atoms with E-state index in [9.17, 15) is 0 Å². The summed E-state index contributed by atoms with van der Waals surface area (Å²) in [6.45, 7) is 9.02. The highest BCUT2D eigenvalue weighted by Crippen LogP contribution is 2.40. The fourth-order valence-corrected chi connectivity index (χ4v) is 3.15. The largest absolute Gasteiger partial charge is 0.260 e. The summed E-state index contributed by atoms with van der Waals surface area (Å²) in [5, 5.41) is 0.754. The van der Waals surface area contributed by atoms with E-state index < -0.39 is 0 Å². The van der Waals surface area contributed by atoms with Crippen molar-refractivity contribution in [1.82, 2.24) is 4.98 Å². The summed E-state index contributed by atoms with van der Waals surface area (Å²) in [6, 6.07) is 2.30. The molecule has 2 rings (SSSR count). The first-order chi connectivity index (χ1) is 7.08. The summed E-state index contributed by atoms with van der Waals surface area (Å²) < 4.78 is 0. The molecule has 0 aromatic carbocycles. The van der Waals surface area contributed by atoms with Crippen molar-refractivity contribution < 1.29 is 0 Å². The Labute approximate surface area is 96.7 Å². The monoisotopic (exact) mass is 221 g/mol. The van der Waals surface area contributed by atoms with Crippen LogP contribution in [0.5, 0.6) is 0 Å². The molecule has 1 nitrogen and oxygen atoms in total. The number of hydrogen-bond donors (Lipinski definition) is 0. The fourth-order valence-electron chi connectivity index (χ4n) is 1.88. The second-order valence-corrected chi connectivity index (χ2v) is 6.26. The lowest BCUT2D eigenvalue weighted by Crippen LogP contribution is -2.09. The molecule has 0 N–H and O–H groups in total. The van der Waals surface area contributed by atoms with E-state index in [1.165, 1.54) is 22.6 Å². The maximum absolute atomic E-state index is 4.52. The van der Waals surface area contributed by atoms with Gasteiger partial charge in [0.2, 0.25) is 0 Å². The molecule has 0 amide bonds. The van der Waals surface area contributed by atoms with Crippen LogP contribution in [0.1, 0.15) is 44.9 Å². The summed E-state index contributed by atoms with van der Waals surface area (Å²) in [5.41, 5.74) is 2.75. The lowest BCUT2D eigenvalue weighted by Gasteiger charge is -2.11. The molecule has 82 valence electrons. The van der Waals surface area contributed by atoms with Gasteiger partial charge in [0.1, 0.15) is 0 Å². The summed E-state index contributed by atoms with van der Waals surface area (Å²) in [6.07, 6.45) is 3.29. The van der Waals surface area contributed by atoms with Gasteiger partial charge in [-0.25, -0.2) is 0 Å². The number of rotatable bonds is 2. The van der Waals surface area contributed by atoms with Crippen LogP contribution >= 0.6 is 11.8 Å². The zero-order valence-electron chi connectivity index (χ0n) is 9.95. The molecule has 1 atom stereocenters. The third-order valence-electron chi connectivity index (χ3n) is 3.00. The van der Waals surface area contributed by atoms with Crippen LogP contribution in [0.15, 0.2) is 17.2 Å². The van der Waals surface area contributed by atoms with Gasteiger partial charge in [-0.2, -0.15) is 0 Å². The summed E-state index contributed by atoms with van der Waals surface area (Å²) >= 11 is 2.00. The quantitative estimate of drug-likeness (QED) is 0.751. The summed E-state index contributed by atoms with van der Waals surface area (Å²) in [5.74, 6) is 1.29. The zero-order valence-corrected chi connectivity index (χ0v) is 10.8. The van der Waals surface area contributed by atoms with Gasteiger partial charge >= 0.3 is 0 Å². The van der Waals surface area contributed by atoms with Crippen molar-refractivity contribution in [2.45, 2.75) is 50.2 Å². The first-order valence-corrected chi connectivity index (χ1v) is 6.61. The van der Waals surface area contributed by atoms with Crippen LogP contribution < -0.4 is 0 Å². The molecule has 0 aliphatic carbocycles. The van der Waals surface area contributed by atoms with Crippen LogP contribution in [0.2, 0.25) is 0 Å². The minimum Gasteiger partial charge on any atom is -0.260 e. The van der Waals surface area contributed by atoms with Crippen LogP contribution in [0, 0.1) is 5.92 Å². The fraction of sp³-hybridized carbons (Fsp3) is 0.615.